The first-order valence-corrected chi connectivity index (χ1v) is 15.5. The molecular formula is C33H49N5O7. The smallest absolute Gasteiger partial charge is 0.325 e. The number of hydrogen-bond donors (Lipinski definition) is 3. The molecule has 0 bridgehead atoms. The standard InChI is InChI=1S/C33H49N5O7/c1-22(2)18-26-31(42)36-30(23(3)4)32(43)35-27(19-25-14-10-9-11-15-25)33(44)38(21-29(41)45-6)17-13-8-7-12-16-37(24(5)39)20-28(40)34-26/h7-11,14-15,22-23,26-27,30H,12-13,16-21H2,1-6H3,(H,34,40)(H,35,43)(H,36,42)/b8-7+/t26?,27-,30?/m0/s1. The molecule has 1 aliphatic rings. The Bertz CT molecular complexity index is 1200. The van der Waals surface area contributed by atoms with Gasteiger partial charge in [0.2, 0.25) is 29.5 Å². The number of ether oxygens (including phenoxy) is 1. The number of carbonyl (C=O) groups is 6. The van der Waals surface area contributed by atoms with Crippen LogP contribution in [0.15, 0.2) is 42.5 Å². The lowest BCUT2D eigenvalue weighted by atomic mass is 9.98. The van der Waals surface area contributed by atoms with E-state index in [0.29, 0.717) is 19.3 Å². The van der Waals surface area contributed by atoms with Crippen molar-refractivity contribution < 1.29 is 33.5 Å². The van der Waals surface area contributed by atoms with E-state index in [1.165, 1.54) is 23.8 Å². The van der Waals surface area contributed by atoms with Gasteiger partial charge in [-0.3, -0.25) is 28.8 Å². The Morgan fingerprint density at radius 3 is 2.11 bits per heavy atom. The second-order valence-corrected chi connectivity index (χ2v) is 12.1. The fourth-order valence-electron chi connectivity index (χ4n) is 4.97. The maximum Gasteiger partial charge on any atom is 0.325 e. The number of carbonyl (C=O) groups excluding carboxylic acids is 6. The van der Waals surface area contributed by atoms with Crippen LogP contribution in [0.4, 0.5) is 0 Å². The van der Waals surface area contributed by atoms with Crippen LogP contribution in [-0.4, -0.2) is 96.7 Å². The molecule has 0 fully saturated rings. The van der Waals surface area contributed by atoms with Crippen LogP contribution in [0, 0.1) is 11.8 Å². The van der Waals surface area contributed by atoms with Gasteiger partial charge in [0, 0.05) is 26.4 Å². The predicted molar refractivity (Wildman–Crippen MR) is 169 cm³/mol. The van der Waals surface area contributed by atoms with E-state index in [1.807, 2.05) is 56.3 Å². The van der Waals surface area contributed by atoms with Crippen molar-refractivity contribution in [2.24, 2.45) is 11.8 Å². The van der Waals surface area contributed by atoms with Crippen LogP contribution >= 0.6 is 0 Å². The van der Waals surface area contributed by atoms with Crippen molar-refractivity contribution in [1.29, 1.82) is 0 Å². The summed E-state index contributed by atoms with van der Waals surface area (Å²) in [5.41, 5.74) is 0.798. The molecule has 3 N–H and O–H groups in total. The molecule has 45 heavy (non-hydrogen) atoms. The molecule has 2 rings (SSSR count). The molecule has 0 aliphatic carbocycles. The number of nitrogens with zero attached hydrogens (tertiary/aromatic N) is 2. The quantitative estimate of drug-likeness (QED) is 0.306. The van der Waals surface area contributed by atoms with Gasteiger partial charge in [-0.05, 0) is 36.7 Å². The molecule has 2 unspecified atom stereocenters. The first-order valence-electron chi connectivity index (χ1n) is 15.5. The van der Waals surface area contributed by atoms with Crippen molar-refractivity contribution in [3.05, 3.63) is 48.0 Å². The molecule has 1 aromatic carbocycles. The van der Waals surface area contributed by atoms with E-state index in [-0.39, 0.29) is 50.3 Å². The Balaban J connectivity index is 2.51. The number of methoxy groups -OCH3 is 1. The zero-order valence-electron chi connectivity index (χ0n) is 27.3. The highest BCUT2D eigenvalue weighted by atomic mass is 16.5. The van der Waals surface area contributed by atoms with E-state index in [0.717, 1.165) is 5.56 Å². The summed E-state index contributed by atoms with van der Waals surface area (Å²) in [7, 11) is 1.24. The summed E-state index contributed by atoms with van der Waals surface area (Å²) in [5.74, 6) is -3.28. The zero-order valence-corrected chi connectivity index (χ0v) is 27.3. The summed E-state index contributed by atoms with van der Waals surface area (Å²) in [6, 6.07) is 6.18. The van der Waals surface area contributed by atoms with Crippen molar-refractivity contribution >= 4 is 35.5 Å². The van der Waals surface area contributed by atoms with E-state index in [4.69, 9.17) is 4.74 Å². The number of benzene rings is 1. The fraction of sp³-hybridized carbons (Fsp3) is 0.576. The second kappa shape index (κ2) is 18.6. The summed E-state index contributed by atoms with van der Waals surface area (Å²) in [6.07, 6.45) is 5.00. The molecule has 1 aliphatic heterocycles. The van der Waals surface area contributed by atoms with E-state index < -0.39 is 47.7 Å². The largest absolute Gasteiger partial charge is 0.468 e. The van der Waals surface area contributed by atoms with Crippen LogP contribution in [-0.2, 0) is 39.9 Å². The van der Waals surface area contributed by atoms with Crippen molar-refractivity contribution in [3.63, 3.8) is 0 Å². The van der Waals surface area contributed by atoms with Gasteiger partial charge in [-0.25, -0.2) is 0 Å². The van der Waals surface area contributed by atoms with Gasteiger partial charge < -0.3 is 30.5 Å². The molecule has 12 nitrogen and oxygen atoms in total. The molecule has 1 heterocycles. The van der Waals surface area contributed by atoms with Crippen LogP contribution < -0.4 is 16.0 Å². The third-order valence-electron chi connectivity index (χ3n) is 7.44. The molecule has 5 amide bonds. The summed E-state index contributed by atoms with van der Waals surface area (Å²) in [4.78, 5) is 81.5. The van der Waals surface area contributed by atoms with Crippen LogP contribution in [0.1, 0.15) is 59.4 Å². The summed E-state index contributed by atoms with van der Waals surface area (Å²) < 4.78 is 4.84. The third-order valence-corrected chi connectivity index (χ3v) is 7.44. The Hall–Kier alpha value is -4.22. The molecule has 0 radical (unpaired) electrons. The van der Waals surface area contributed by atoms with Crippen molar-refractivity contribution in [1.82, 2.24) is 25.8 Å². The van der Waals surface area contributed by atoms with Crippen LogP contribution in [0.5, 0.6) is 0 Å². The first kappa shape index (κ1) is 37.0. The minimum absolute atomic E-state index is 0.0386. The normalized spacial score (nSPS) is 22.1. The molecule has 3 atom stereocenters. The van der Waals surface area contributed by atoms with E-state index in [2.05, 4.69) is 16.0 Å². The van der Waals surface area contributed by atoms with Gasteiger partial charge in [-0.15, -0.1) is 0 Å². The summed E-state index contributed by atoms with van der Waals surface area (Å²) in [6.45, 7) is 8.65. The molecule has 0 spiro atoms. The van der Waals surface area contributed by atoms with Gasteiger partial charge in [-0.1, -0.05) is 70.2 Å². The van der Waals surface area contributed by atoms with Gasteiger partial charge >= 0.3 is 5.97 Å². The molecule has 0 saturated heterocycles. The van der Waals surface area contributed by atoms with Gasteiger partial charge in [-0.2, -0.15) is 0 Å². The Morgan fingerprint density at radius 2 is 1.53 bits per heavy atom. The molecule has 0 aromatic heterocycles. The fourth-order valence-corrected chi connectivity index (χ4v) is 4.97. The number of amides is 5. The molecule has 12 heteroatoms. The van der Waals surface area contributed by atoms with Gasteiger partial charge in [0.1, 0.15) is 24.7 Å². The van der Waals surface area contributed by atoms with Gasteiger partial charge in [0.05, 0.1) is 13.7 Å². The number of nitrogens with one attached hydrogen (secondary N) is 3. The van der Waals surface area contributed by atoms with Gasteiger partial charge in [0.25, 0.3) is 0 Å². The zero-order chi connectivity index (χ0) is 33.5. The number of esters is 1. The predicted octanol–water partition coefficient (Wildman–Crippen LogP) is 1.59. The molecule has 1 aromatic rings. The lowest BCUT2D eigenvalue weighted by Gasteiger charge is -2.30. The second-order valence-electron chi connectivity index (χ2n) is 12.1. The Kier molecular flexibility index (Phi) is 15.2. The third kappa shape index (κ3) is 12.7. The first-order chi connectivity index (χ1) is 21.3. The van der Waals surface area contributed by atoms with Crippen molar-refractivity contribution in [3.8, 4) is 0 Å². The molecular weight excluding hydrogens is 578 g/mol. The molecule has 0 saturated carbocycles. The Labute approximate surface area is 266 Å². The minimum Gasteiger partial charge on any atom is -0.468 e. The maximum absolute atomic E-state index is 14.0. The highest BCUT2D eigenvalue weighted by molar-refractivity contribution is 5.95. The molecule has 248 valence electrons. The average Bonchev–Trinajstić information content (AvgIpc) is 2.98. The van der Waals surface area contributed by atoms with Gasteiger partial charge in [0.15, 0.2) is 0 Å². The van der Waals surface area contributed by atoms with Crippen molar-refractivity contribution in [2.75, 3.05) is 33.3 Å². The van der Waals surface area contributed by atoms with E-state index in [1.54, 1.807) is 13.8 Å². The van der Waals surface area contributed by atoms with Crippen LogP contribution in [0.3, 0.4) is 0 Å². The average molecular weight is 628 g/mol. The maximum atomic E-state index is 14.0. The van der Waals surface area contributed by atoms with Crippen molar-refractivity contribution in [2.45, 2.75) is 78.4 Å². The number of hydrogen-bond acceptors (Lipinski definition) is 7. The summed E-state index contributed by atoms with van der Waals surface area (Å²) in [5, 5.41) is 8.38. The highest BCUT2D eigenvalue weighted by Crippen LogP contribution is 2.12. The van der Waals surface area contributed by atoms with Crippen LogP contribution in [0.2, 0.25) is 0 Å². The monoisotopic (exact) mass is 627 g/mol. The van der Waals surface area contributed by atoms with Crippen LogP contribution in [0.25, 0.3) is 0 Å². The summed E-state index contributed by atoms with van der Waals surface area (Å²) >= 11 is 0. The highest BCUT2D eigenvalue weighted by Gasteiger charge is 2.34. The SMILES string of the molecule is COC(=O)CN1CC/C=C/CCN(C(C)=O)CC(=O)NC(CC(C)C)C(=O)NC(C(C)C)C(=O)N[C@@H](Cc2ccccc2)C1=O. The Morgan fingerprint density at radius 1 is 0.889 bits per heavy atom. The lowest BCUT2D eigenvalue weighted by Crippen LogP contribution is -2.59. The van der Waals surface area contributed by atoms with E-state index >= 15 is 0 Å². The lowest BCUT2D eigenvalue weighted by molar-refractivity contribution is -0.148. The van der Waals surface area contributed by atoms with E-state index in [9.17, 15) is 28.8 Å². The minimum atomic E-state index is -1.04. The number of rotatable bonds is 7. The topological polar surface area (TPSA) is 154 Å².